The molecule has 1 N–H and O–H groups in total. The Labute approximate surface area is 156 Å². The van der Waals surface area contributed by atoms with Crippen molar-refractivity contribution in [2.45, 2.75) is 48.8 Å². The fourth-order valence-electron chi connectivity index (χ4n) is 1.93. The van der Waals surface area contributed by atoms with Crippen molar-refractivity contribution in [3.63, 3.8) is 0 Å². The van der Waals surface area contributed by atoms with Crippen molar-refractivity contribution < 1.29 is 9.53 Å². The largest absolute Gasteiger partial charge is 0.460 e. The number of aromatic nitrogens is 2. The van der Waals surface area contributed by atoms with E-state index in [2.05, 4.69) is 23.8 Å². The van der Waals surface area contributed by atoms with Crippen molar-refractivity contribution in [2.75, 3.05) is 0 Å². The lowest BCUT2D eigenvalue weighted by Gasteiger charge is -2.11. The minimum absolute atomic E-state index is 0.207. The van der Waals surface area contributed by atoms with E-state index in [-0.39, 0.29) is 18.1 Å². The van der Waals surface area contributed by atoms with E-state index in [1.807, 2.05) is 30.3 Å². The van der Waals surface area contributed by atoms with Crippen molar-refractivity contribution in [3.8, 4) is 0 Å². The molecule has 0 aliphatic heterocycles. The van der Waals surface area contributed by atoms with Gasteiger partial charge < -0.3 is 9.72 Å². The third kappa shape index (κ3) is 6.96. The Morgan fingerprint density at radius 3 is 2.64 bits per heavy atom. The van der Waals surface area contributed by atoms with Crippen molar-refractivity contribution in [3.05, 3.63) is 58.0 Å². The molecule has 25 heavy (non-hydrogen) atoms. The molecule has 1 unspecified atom stereocenters. The topological polar surface area (TPSA) is 72.0 Å². The lowest BCUT2D eigenvalue weighted by Crippen LogP contribution is -2.18. The van der Waals surface area contributed by atoms with Crippen LogP contribution in [0.25, 0.3) is 0 Å². The summed E-state index contributed by atoms with van der Waals surface area (Å²) < 4.78 is 5.32. The van der Waals surface area contributed by atoms with Gasteiger partial charge in [0.25, 0.3) is 5.56 Å². The Kier molecular flexibility index (Phi) is 7.58. The normalized spacial score (nSPS) is 12.2. The number of hydrogen-bond acceptors (Lipinski definition) is 6. The summed E-state index contributed by atoms with van der Waals surface area (Å²) in [6.07, 6.45) is 0. The van der Waals surface area contributed by atoms with E-state index in [1.54, 1.807) is 18.7 Å². The van der Waals surface area contributed by atoms with Gasteiger partial charge in [0.1, 0.15) is 11.9 Å². The Morgan fingerprint density at radius 2 is 1.96 bits per heavy atom. The van der Waals surface area contributed by atoms with Crippen LogP contribution < -0.4 is 5.56 Å². The number of ether oxygens (including phenoxy) is 1. The van der Waals surface area contributed by atoms with Crippen LogP contribution in [-0.4, -0.2) is 26.4 Å². The number of esters is 1. The molecule has 0 bridgehead atoms. The number of carbonyl (C=O) groups is 1. The maximum Gasteiger partial charge on any atom is 0.319 e. The van der Waals surface area contributed by atoms with Crippen molar-refractivity contribution in [1.82, 2.24) is 9.97 Å². The number of nitrogens with one attached hydrogen (secondary N) is 1. The summed E-state index contributed by atoms with van der Waals surface area (Å²) >= 11 is 2.92. The summed E-state index contributed by atoms with van der Waals surface area (Å²) in [6.45, 7) is 6.17. The molecule has 0 amide bonds. The molecule has 0 spiro atoms. The minimum atomic E-state index is -0.458. The zero-order chi connectivity index (χ0) is 18.2. The number of rotatable bonds is 8. The smallest absolute Gasteiger partial charge is 0.319 e. The van der Waals surface area contributed by atoms with Crippen LogP contribution in [0.2, 0.25) is 0 Å². The van der Waals surface area contributed by atoms with Crippen LogP contribution in [-0.2, 0) is 21.9 Å². The molecular weight excluding hydrogens is 356 g/mol. The van der Waals surface area contributed by atoms with Gasteiger partial charge in [-0.15, -0.1) is 0 Å². The van der Waals surface area contributed by atoms with Gasteiger partial charge in [-0.05, 0) is 17.7 Å². The number of hydrogen-bond donors (Lipinski definition) is 1. The summed E-state index contributed by atoms with van der Waals surface area (Å²) in [4.78, 5) is 31.0. The highest BCUT2D eigenvalue weighted by Gasteiger charge is 2.18. The number of aromatic amines is 1. The summed E-state index contributed by atoms with van der Waals surface area (Å²) in [5.41, 5.74) is 1.45. The number of H-pyrrole nitrogens is 1. The molecule has 134 valence electrons. The standard InChI is InChI=1S/C18H22N2O3S2/c1-12(2)24-11-15-9-16(21)20-18(19-15)25-13(3)17(22)23-10-14-7-5-4-6-8-14/h4-9,12-13H,10-11H2,1-3H3,(H,19,20,21). The van der Waals surface area contributed by atoms with E-state index >= 15 is 0 Å². The third-order valence-electron chi connectivity index (χ3n) is 3.18. The van der Waals surface area contributed by atoms with Gasteiger partial charge in [-0.3, -0.25) is 9.59 Å². The first kappa shape index (κ1) is 19.6. The van der Waals surface area contributed by atoms with Gasteiger partial charge in [0.2, 0.25) is 0 Å². The lowest BCUT2D eigenvalue weighted by molar-refractivity contribution is -0.143. The molecule has 7 heteroatoms. The molecule has 0 radical (unpaired) electrons. The quantitative estimate of drug-likeness (QED) is 0.430. The summed E-state index contributed by atoms with van der Waals surface area (Å²) in [6, 6.07) is 11.0. The molecule has 1 aromatic heterocycles. The Bertz CT molecular complexity index is 747. The van der Waals surface area contributed by atoms with E-state index in [0.717, 1.165) is 11.3 Å². The first-order valence-electron chi connectivity index (χ1n) is 8.03. The third-order valence-corrected chi connectivity index (χ3v) is 5.27. The molecule has 0 saturated heterocycles. The number of carbonyl (C=O) groups excluding carboxylic acids is 1. The second-order valence-corrected chi connectivity index (χ2v) is 8.65. The molecule has 5 nitrogen and oxygen atoms in total. The zero-order valence-electron chi connectivity index (χ0n) is 14.5. The highest BCUT2D eigenvalue weighted by atomic mass is 32.2. The highest BCUT2D eigenvalue weighted by molar-refractivity contribution is 8.00. The zero-order valence-corrected chi connectivity index (χ0v) is 16.2. The van der Waals surface area contributed by atoms with Crippen LogP contribution in [0.5, 0.6) is 0 Å². The number of benzene rings is 1. The van der Waals surface area contributed by atoms with Crippen LogP contribution in [0.3, 0.4) is 0 Å². The predicted molar refractivity (Wildman–Crippen MR) is 103 cm³/mol. The monoisotopic (exact) mass is 378 g/mol. The number of nitrogens with zero attached hydrogens (tertiary/aromatic N) is 1. The van der Waals surface area contributed by atoms with Gasteiger partial charge in [-0.1, -0.05) is 55.9 Å². The van der Waals surface area contributed by atoms with Crippen LogP contribution in [0.4, 0.5) is 0 Å². The molecule has 1 heterocycles. The van der Waals surface area contributed by atoms with Crippen LogP contribution >= 0.6 is 23.5 Å². The molecule has 1 aromatic carbocycles. The molecule has 0 aliphatic rings. The molecule has 0 aliphatic carbocycles. The highest BCUT2D eigenvalue weighted by Crippen LogP contribution is 2.21. The van der Waals surface area contributed by atoms with Crippen LogP contribution in [0.1, 0.15) is 32.0 Å². The summed E-state index contributed by atoms with van der Waals surface area (Å²) in [5, 5.41) is 0.444. The Morgan fingerprint density at radius 1 is 1.24 bits per heavy atom. The second kappa shape index (κ2) is 9.68. The molecule has 2 aromatic rings. The Hall–Kier alpha value is -1.73. The van der Waals surface area contributed by atoms with Gasteiger partial charge in [-0.25, -0.2) is 4.98 Å². The first-order valence-corrected chi connectivity index (χ1v) is 9.96. The van der Waals surface area contributed by atoms with Crippen molar-refractivity contribution in [1.29, 1.82) is 0 Å². The van der Waals surface area contributed by atoms with E-state index < -0.39 is 5.25 Å². The molecule has 0 saturated carbocycles. The summed E-state index contributed by atoms with van der Waals surface area (Å²) in [7, 11) is 0. The van der Waals surface area contributed by atoms with Gasteiger partial charge in [0.05, 0.1) is 5.69 Å². The Balaban J connectivity index is 1.93. The SMILES string of the molecule is CC(C)SCc1cc(=O)[nH]c(SC(C)C(=O)OCc2ccccc2)n1. The molecular formula is C18H22N2O3S2. The molecule has 1 atom stereocenters. The average Bonchev–Trinajstić information content (AvgIpc) is 2.58. The van der Waals surface area contributed by atoms with Crippen LogP contribution in [0, 0.1) is 0 Å². The van der Waals surface area contributed by atoms with Gasteiger partial charge in [-0.2, -0.15) is 11.8 Å². The molecule has 0 fully saturated rings. The predicted octanol–water partition coefficient (Wildman–Crippen LogP) is 3.64. The fourth-order valence-corrected chi connectivity index (χ4v) is 3.41. The lowest BCUT2D eigenvalue weighted by atomic mass is 10.2. The van der Waals surface area contributed by atoms with Gasteiger partial charge in [0.15, 0.2) is 5.16 Å². The average molecular weight is 379 g/mol. The fraction of sp³-hybridized carbons (Fsp3) is 0.389. The second-order valence-electron chi connectivity index (χ2n) is 5.76. The van der Waals surface area contributed by atoms with E-state index in [0.29, 0.717) is 16.2 Å². The van der Waals surface area contributed by atoms with Crippen molar-refractivity contribution in [2.24, 2.45) is 0 Å². The van der Waals surface area contributed by atoms with E-state index in [9.17, 15) is 9.59 Å². The van der Waals surface area contributed by atoms with E-state index in [1.165, 1.54) is 17.8 Å². The molecule has 2 rings (SSSR count). The minimum Gasteiger partial charge on any atom is -0.460 e. The van der Waals surface area contributed by atoms with E-state index in [4.69, 9.17) is 4.74 Å². The maximum absolute atomic E-state index is 12.1. The maximum atomic E-state index is 12.1. The van der Waals surface area contributed by atoms with Gasteiger partial charge >= 0.3 is 5.97 Å². The first-order chi connectivity index (χ1) is 11.9. The van der Waals surface area contributed by atoms with Gasteiger partial charge in [0, 0.05) is 11.8 Å². The van der Waals surface area contributed by atoms with Crippen molar-refractivity contribution >= 4 is 29.5 Å². The summed E-state index contributed by atoms with van der Waals surface area (Å²) in [5.74, 6) is 0.334. The van der Waals surface area contributed by atoms with Crippen LogP contribution in [0.15, 0.2) is 46.3 Å². The number of thioether (sulfide) groups is 2.